The molecule has 1 aromatic heterocycles. The van der Waals surface area contributed by atoms with E-state index in [-0.39, 0.29) is 4.90 Å². The van der Waals surface area contributed by atoms with Crippen molar-refractivity contribution in [2.75, 3.05) is 36.0 Å². The summed E-state index contributed by atoms with van der Waals surface area (Å²) in [6.45, 7) is 2.78. The first-order valence-electron chi connectivity index (χ1n) is 8.58. The van der Waals surface area contributed by atoms with Crippen LogP contribution in [0.5, 0.6) is 0 Å². The van der Waals surface area contributed by atoms with Crippen molar-refractivity contribution in [3.8, 4) is 0 Å². The van der Waals surface area contributed by atoms with Crippen molar-refractivity contribution in [2.45, 2.75) is 23.7 Å². The van der Waals surface area contributed by atoms with Crippen molar-refractivity contribution >= 4 is 33.1 Å². The predicted octanol–water partition coefficient (Wildman–Crippen LogP) is 1.98. The summed E-state index contributed by atoms with van der Waals surface area (Å²) in [6.07, 6.45) is 2.25. The number of aromatic nitrogens is 2. The number of benzene rings is 1. The second kappa shape index (κ2) is 6.68. The van der Waals surface area contributed by atoms with Crippen molar-refractivity contribution in [2.24, 2.45) is 5.14 Å². The number of piperazine rings is 1. The van der Waals surface area contributed by atoms with Crippen molar-refractivity contribution in [3.63, 3.8) is 0 Å². The van der Waals surface area contributed by atoms with Gasteiger partial charge in [-0.3, -0.25) is 0 Å². The zero-order valence-electron chi connectivity index (χ0n) is 14.2. The highest BCUT2D eigenvalue weighted by molar-refractivity contribution is 7.89. The van der Waals surface area contributed by atoms with E-state index in [4.69, 9.17) is 16.7 Å². The molecule has 0 atom stereocenters. The fraction of sp³-hybridized carbons (Fsp3) is 0.412. The Hall–Kier alpha value is -1.90. The van der Waals surface area contributed by atoms with E-state index in [2.05, 4.69) is 14.9 Å². The summed E-state index contributed by atoms with van der Waals surface area (Å²) in [6, 6.07) is 8.64. The van der Waals surface area contributed by atoms with Crippen LogP contribution in [0.4, 0.5) is 11.5 Å². The number of sulfonamides is 1. The molecule has 1 aliphatic heterocycles. The lowest BCUT2D eigenvalue weighted by molar-refractivity contribution is 0.595. The lowest BCUT2D eigenvalue weighted by Gasteiger charge is -2.37. The summed E-state index contributed by atoms with van der Waals surface area (Å²) >= 11 is 6.17. The third-order valence-corrected chi connectivity index (χ3v) is 5.91. The van der Waals surface area contributed by atoms with Gasteiger partial charge in [0.05, 0.1) is 5.69 Å². The second-order valence-electron chi connectivity index (χ2n) is 6.67. The molecular weight excluding hydrogens is 374 g/mol. The highest BCUT2D eigenvalue weighted by atomic mass is 35.5. The maximum absolute atomic E-state index is 11.8. The first-order valence-corrected chi connectivity index (χ1v) is 10.5. The Balaban J connectivity index is 1.52. The second-order valence-corrected chi connectivity index (χ2v) is 8.59. The van der Waals surface area contributed by atoms with Crippen molar-refractivity contribution in [1.29, 1.82) is 0 Å². The summed E-state index contributed by atoms with van der Waals surface area (Å²) < 4.78 is 23.7. The predicted molar refractivity (Wildman–Crippen MR) is 101 cm³/mol. The molecule has 0 radical (unpaired) electrons. The summed E-state index contributed by atoms with van der Waals surface area (Å²) in [4.78, 5) is 13.4. The first kappa shape index (κ1) is 17.5. The topological polar surface area (TPSA) is 92.4 Å². The SMILES string of the molecule is NS(=O)(=O)c1ccccc1N1CCN(c2cc(Cl)nc(C3CC3)n2)CC1. The minimum atomic E-state index is -3.76. The molecule has 2 N–H and O–H groups in total. The van der Waals surface area contributed by atoms with Crippen molar-refractivity contribution in [1.82, 2.24) is 9.97 Å². The third-order valence-electron chi connectivity index (χ3n) is 4.76. The van der Waals surface area contributed by atoms with Crippen LogP contribution in [0.1, 0.15) is 24.6 Å². The van der Waals surface area contributed by atoms with Crippen LogP contribution in [-0.2, 0) is 10.0 Å². The van der Waals surface area contributed by atoms with Gasteiger partial charge < -0.3 is 9.80 Å². The van der Waals surface area contributed by atoms with E-state index in [0.29, 0.717) is 29.8 Å². The number of nitrogens with two attached hydrogens (primary N) is 1. The standard InChI is InChI=1S/C17H20ClN5O2S/c18-15-11-16(21-17(20-15)12-5-6-12)23-9-7-22(8-10-23)13-3-1-2-4-14(13)26(19,24)25/h1-4,11-12H,5-10H2,(H2,19,24,25). The van der Waals surface area contributed by atoms with E-state index in [9.17, 15) is 8.42 Å². The molecule has 4 rings (SSSR count). The summed E-state index contributed by atoms with van der Waals surface area (Å²) in [5.41, 5.74) is 0.647. The maximum atomic E-state index is 11.8. The lowest BCUT2D eigenvalue weighted by Crippen LogP contribution is -2.47. The van der Waals surface area contributed by atoms with Crippen LogP contribution < -0.4 is 14.9 Å². The molecule has 2 aromatic rings. The molecule has 1 aromatic carbocycles. The number of primary sulfonamides is 1. The average molecular weight is 394 g/mol. The summed E-state index contributed by atoms with van der Waals surface area (Å²) in [7, 11) is -3.76. The minimum absolute atomic E-state index is 0.162. The van der Waals surface area contributed by atoms with E-state index >= 15 is 0 Å². The molecule has 1 saturated carbocycles. The molecule has 138 valence electrons. The van der Waals surface area contributed by atoms with Crippen LogP contribution in [0.15, 0.2) is 35.2 Å². The molecule has 0 amide bonds. The number of para-hydroxylation sites is 1. The smallest absolute Gasteiger partial charge is 0.240 e. The number of rotatable bonds is 4. The Kier molecular flexibility index (Phi) is 4.50. The fourth-order valence-electron chi connectivity index (χ4n) is 3.24. The van der Waals surface area contributed by atoms with Crippen LogP contribution in [-0.4, -0.2) is 44.6 Å². The molecule has 0 unspecified atom stereocenters. The van der Waals surface area contributed by atoms with Crippen LogP contribution >= 0.6 is 11.6 Å². The number of hydrogen-bond donors (Lipinski definition) is 1. The highest BCUT2D eigenvalue weighted by Gasteiger charge is 2.29. The Bertz CT molecular complexity index is 925. The fourth-order valence-corrected chi connectivity index (χ4v) is 4.19. The van der Waals surface area contributed by atoms with Crippen LogP contribution in [0.25, 0.3) is 0 Å². The molecule has 7 nitrogen and oxygen atoms in total. The van der Waals surface area contributed by atoms with Gasteiger partial charge >= 0.3 is 0 Å². The van der Waals surface area contributed by atoms with Gasteiger partial charge in [-0.25, -0.2) is 23.5 Å². The molecule has 9 heteroatoms. The minimum Gasteiger partial charge on any atom is -0.367 e. The third kappa shape index (κ3) is 3.62. The van der Waals surface area contributed by atoms with Crippen LogP contribution in [0, 0.1) is 0 Å². The number of halogens is 1. The van der Waals surface area contributed by atoms with E-state index in [1.807, 2.05) is 11.0 Å². The Morgan fingerprint density at radius 3 is 2.35 bits per heavy atom. The van der Waals surface area contributed by atoms with E-state index in [0.717, 1.165) is 37.6 Å². The number of hydrogen-bond acceptors (Lipinski definition) is 6. The summed E-state index contributed by atoms with van der Waals surface area (Å²) in [5.74, 6) is 2.11. The van der Waals surface area contributed by atoms with Gasteiger partial charge in [-0.05, 0) is 25.0 Å². The number of anilines is 2. The molecule has 1 saturated heterocycles. The molecule has 0 spiro atoms. The molecule has 0 bridgehead atoms. The lowest BCUT2D eigenvalue weighted by atomic mass is 10.2. The zero-order chi connectivity index (χ0) is 18.3. The average Bonchev–Trinajstić information content (AvgIpc) is 3.46. The zero-order valence-corrected chi connectivity index (χ0v) is 15.7. The van der Waals surface area contributed by atoms with Crippen molar-refractivity contribution in [3.05, 3.63) is 41.3 Å². The maximum Gasteiger partial charge on any atom is 0.240 e. The van der Waals surface area contributed by atoms with Gasteiger partial charge in [0.2, 0.25) is 10.0 Å². The van der Waals surface area contributed by atoms with Crippen LogP contribution in [0.2, 0.25) is 5.15 Å². The largest absolute Gasteiger partial charge is 0.367 e. The Labute approximate surface area is 157 Å². The van der Waals surface area contributed by atoms with Gasteiger partial charge in [0, 0.05) is 38.2 Å². The van der Waals surface area contributed by atoms with Crippen LogP contribution in [0.3, 0.4) is 0 Å². The number of nitrogens with zero attached hydrogens (tertiary/aromatic N) is 4. The van der Waals surface area contributed by atoms with E-state index in [1.54, 1.807) is 24.3 Å². The molecule has 1 aliphatic carbocycles. The van der Waals surface area contributed by atoms with Gasteiger partial charge in [0.1, 0.15) is 21.7 Å². The molecule has 2 heterocycles. The Morgan fingerprint density at radius 1 is 1.04 bits per heavy atom. The summed E-state index contributed by atoms with van der Waals surface area (Å²) in [5, 5.41) is 5.82. The van der Waals surface area contributed by atoms with Crippen molar-refractivity contribution < 1.29 is 8.42 Å². The quantitative estimate of drug-likeness (QED) is 0.798. The van der Waals surface area contributed by atoms with E-state index in [1.165, 1.54) is 0 Å². The highest BCUT2D eigenvalue weighted by Crippen LogP contribution is 2.39. The normalized spacial score (nSPS) is 18.2. The van der Waals surface area contributed by atoms with Gasteiger partial charge in [-0.1, -0.05) is 23.7 Å². The molecule has 2 aliphatic rings. The monoisotopic (exact) mass is 393 g/mol. The van der Waals surface area contributed by atoms with E-state index < -0.39 is 10.0 Å². The van der Waals surface area contributed by atoms with Gasteiger partial charge in [-0.2, -0.15) is 0 Å². The molecule has 26 heavy (non-hydrogen) atoms. The van der Waals surface area contributed by atoms with Gasteiger partial charge in [-0.15, -0.1) is 0 Å². The van der Waals surface area contributed by atoms with Gasteiger partial charge in [0.15, 0.2) is 0 Å². The Morgan fingerprint density at radius 2 is 1.69 bits per heavy atom. The molecule has 2 fully saturated rings. The molecular formula is C17H20ClN5O2S. The van der Waals surface area contributed by atoms with Gasteiger partial charge in [0.25, 0.3) is 0 Å². The first-order chi connectivity index (χ1) is 12.4.